The standard InChI is InChI=1S/C15H11Cl/c16-14-10-4-8-12-7-3-6-11-5-1-2-9-13(11)15(12)14/h1-10,14H. The van der Waals surface area contributed by atoms with Gasteiger partial charge in [-0.3, -0.25) is 0 Å². The van der Waals surface area contributed by atoms with Gasteiger partial charge in [0.25, 0.3) is 0 Å². The Balaban J connectivity index is 2.46. The summed E-state index contributed by atoms with van der Waals surface area (Å²) in [6.07, 6.45) is 12.5. The van der Waals surface area contributed by atoms with Crippen molar-refractivity contribution in [2.75, 3.05) is 0 Å². The quantitative estimate of drug-likeness (QED) is 0.596. The van der Waals surface area contributed by atoms with Crippen LogP contribution in [0.1, 0.15) is 0 Å². The second kappa shape index (κ2) is 3.80. The number of allylic oxidation sites excluding steroid dienone is 6. The molecule has 1 unspecified atom stereocenters. The second-order valence-electron chi connectivity index (χ2n) is 3.94. The van der Waals surface area contributed by atoms with Crippen LogP contribution in [0.4, 0.5) is 0 Å². The molecule has 0 aliphatic heterocycles. The van der Waals surface area contributed by atoms with Gasteiger partial charge >= 0.3 is 0 Å². The molecule has 3 rings (SSSR count). The van der Waals surface area contributed by atoms with E-state index in [0.29, 0.717) is 0 Å². The summed E-state index contributed by atoms with van der Waals surface area (Å²) in [5.74, 6) is 0. The Kier molecular flexibility index (Phi) is 2.30. The molecular formula is C15H11Cl. The van der Waals surface area contributed by atoms with Crippen LogP contribution in [-0.4, -0.2) is 5.38 Å². The Morgan fingerprint density at radius 1 is 1.00 bits per heavy atom. The first-order chi connectivity index (χ1) is 7.86. The number of benzene rings is 1. The number of rotatable bonds is 0. The minimum Gasteiger partial charge on any atom is -0.113 e. The maximum atomic E-state index is 6.38. The topological polar surface area (TPSA) is 0 Å². The number of hydrogen-bond acceptors (Lipinski definition) is 0. The highest BCUT2D eigenvalue weighted by atomic mass is 35.5. The lowest BCUT2D eigenvalue weighted by atomic mass is 9.95. The van der Waals surface area contributed by atoms with Crippen LogP contribution in [0.2, 0.25) is 0 Å². The fourth-order valence-corrected chi connectivity index (χ4v) is 2.52. The fraction of sp³-hybridized carbons (Fsp3) is 0.0667. The molecule has 1 atom stereocenters. The van der Waals surface area contributed by atoms with Crippen molar-refractivity contribution >= 4 is 23.3 Å². The van der Waals surface area contributed by atoms with E-state index in [4.69, 9.17) is 11.6 Å². The fourth-order valence-electron chi connectivity index (χ4n) is 2.19. The van der Waals surface area contributed by atoms with Gasteiger partial charge in [0.05, 0.1) is 5.38 Å². The molecule has 0 aromatic heterocycles. The average Bonchev–Trinajstić information content (AvgIpc) is 2.49. The lowest BCUT2D eigenvalue weighted by Crippen LogP contribution is -2.29. The zero-order chi connectivity index (χ0) is 11.0. The van der Waals surface area contributed by atoms with E-state index in [1.54, 1.807) is 0 Å². The highest BCUT2D eigenvalue weighted by molar-refractivity contribution is 6.28. The van der Waals surface area contributed by atoms with E-state index in [0.717, 1.165) is 0 Å². The first kappa shape index (κ1) is 9.68. The molecule has 0 N–H and O–H groups in total. The molecule has 0 heterocycles. The molecule has 2 aliphatic carbocycles. The van der Waals surface area contributed by atoms with Crippen molar-refractivity contribution in [1.29, 1.82) is 0 Å². The van der Waals surface area contributed by atoms with Crippen molar-refractivity contribution in [3.8, 4) is 0 Å². The number of alkyl halides is 1. The number of fused-ring (bicyclic) bond motifs is 2. The Bertz CT molecular complexity index is 630. The lowest BCUT2D eigenvalue weighted by molar-refractivity contribution is 1.32. The molecule has 1 aromatic carbocycles. The molecule has 2 aliphatic rings. The third-order valence-electron chi connectivity index (χ3n) is 2.95. The van der Waals surface area contributed by atoms with Crippen LogP contribution in [0.25, 0.3) is 11.6 Å². The Morgan fingerprint density at radius 2 is 1.88 bits per heavy atom. The van der Waals surface area contributed by atoms with Gasteiger partial charge in [0.1, 0.15) is 0 Å². The predicted molar refractivity (Wildman–Crippen MR) is 69.6 cm³/mol. The minimum atomic E-state index is -0.0303. The largest absolute Gasteiger partial charge is 0.113 e. The third-order valence-corrected chi connectivity index (χ3v) is 3.31. The van der Waals surface area contributed by atoms with E-state index in [-0.39, 0.29) is 5.38 Å². The first-order valence-electron chi connectivity index (χ1n) is 5.37. The molecule has 0 amide bonds. The summed E-state index contributed by atoms with van der Waals surface area (Å²) in [5, 5.41) is 2.44. The van der Waals surface area contributed by atoms with Gasteiger partial charge in [0.2, 0.25) is 0 Å². The molecule has 0 fully saturated rings. The van der Waals surface area contributed by atoms with Gasteiger partial charge in [-0.15, -0.1) is 11.6 Å². The Morgan fingerprint density at radius 3 is 2.81 bits per heavy atom. The third kappa shape index (κ3) is 1.46. The molecule has 0 bridgehead atoms. The zero-order valence-electron chi connectivity index (χ0n) is 8.73. The van der Waals surface area contributed by atoms with E-state index < -0.39 is 0 Å². The van der Waals surface area contributed by atoms with Gasteiger partial charge in [-0.2, -0.15) is 0 Å². The molecule has 0 radical (unpaired) electrons. The summed E-state index contributed by atoms with van der Waals surface area (Å²) < 4.78 is 0. The van der Waals surface area contributed by atoms with Crippen LogP contribution in [0, 0.1) is 0 Å². The molecule has 0 saturated heterocycles. The van der Waals surface area contributed by atoms with Crippen LogP contribution in [0.15, 0.2) is 60.2 Å². The molecule has 78 valence electrons. The first-order valence-corrected chi connectivity index (χ1v) is 5.80. The van der Waals surface area contributed by atoms with Crippen LogP contribution in [0.5, 0.6) is 0 Å². The normalized spacial score (nSPS) is 21.7. The van der Waals surface area contributed by atoms with Crippen molar-refractivity contribution in [2.24, 2.45) is 0 Å². The maximum Gasteiger partial charge on any atom is 0.0781 e. The second-order valence-corrected chi connectivity index (χ2v) is 4.41. The summed E-state index contributed by atoms with van der Waals surface area (Å²) in [6.45, 7) is 0. The van der Waals surface area contributed by atoms with Gasteiger partial charge in [-0.1, -0.05) is 60.7 Å². The predicted octanol–water partition coefficient (Wildman–Crippen LogP) is 2.29. The van der Waals surface area contributed by atoms with Gasteiger partial charge in [-0.05, 0) is 21.6 Å². The summed E-state index contributed by atoms with van der Waals surface area (Å²) in [4.78, 5) is 0. The molecule has 0 nitrogen and oxygen atoms in total. The monoisotopic (exact) mass is 226 g/mol. The minimum absolute atomic E-state index is 0.0303. The van der Waals surface area contributed by atoms with Gasteiger partial charge in [0, 0.05) is 0 Å². The van der Waals surface area contributed by atoms with Crippen molar-refractivity contribution in [1.82, 2.24) is 0 Å². The Hall–Kier alpha value is -1.53. The van der Waals surface area contributed by atoms with Crippen LogP contribution < -0.4 is 10.4 Å². The Labute approximate surface area is 99.6 Å². The smallest absolute Gasteiger partial charge is 0.0781 e. The highest BCUT2D eigenvalue weighted by Crippen LogP contribution is 2.25. The van der Waals surface area contributed by atoms with Crippen LogP contribution >= 0.6 is 11.6 Å². The summed E-state index contributed by atoms with van der Waals surface area (Å²) in [7, 11) is 0. The molecule has 16 heavy (non-hydrogen) atoms. The van der Waals surface area contributed by atoms with Crippen molar-refractivity contribution in [2.45, 2.75) is 5.38 Å². The van der Waals surface area contributed by atoms with E-state index >= 15 is 0 Å². The van der Waals surface area contributed by atoms with Gasteiger partial charge in [0.15, 0.2) is 0 Å². The average molecular weight is 227 g/mol. The lowest BCUT2D eigenvalue weighted by Gasteiger charge is -2.15. The SMILES string of the molecule is ClC1C=CC=C2C=CC=c3ccccc3=C21. The van der Waals surface area contributed by atoms with Gasteiger partial charge in [-0.25, -0.2) is 0 Å². The molecule has 0 saturated carbocycles. The molecule has 1 heteroatoms. The van der Waals surface area contributed by atoms with Gasteiger partial charge < -0.3 is 0 Å². The van der Waals surface area contributed by atoms with E-state index in [2.05, 4.69) is 48.6 Å². The summed E-state index contributed by atoms with van der Waals surface area (Å²) in [5.41, 5.74) is 2.42. The summed E-state index contributed by atoms with van der Waals surface area (Å²) >= 11 is 6.38. The van der Waals surface area contributed by atoms with E-state index in [1.165, 1.54) is 21.6 Å². The van der Waals surface area contributed by atoms with Crippen LogP contribution in [-0.2, 0) is 0 Å². The van der Waals surface area contributed by atoms with Crippen molar-refractivity contribution < 1.29 is 0 Å². The number of halogens is 1. The van der Waals surface area contributed by atoms with Crippen LogP contribution in [0.3, 0.4) is 0 Å². The molecule has 1 aromatic rings. The summed E-state index contributed by atoms with van der Waals surface area (Å²) in [6, 6.07) is 8.37. The van der Waals surface area contributed by atoms with E-state index in [9.17, 15) is 0 Å². The van der Waals surface area contributed by atoms with E-state index in [1.807, 2.05) is 12.2 Å². The molecule has 0 spiro atoms. The maximum absolute atomic E-state index is 6.38. The number of hydrogen-bond donors (Lipinski definition) is 0. The molecular weight excluding hydrogens is 216 g/mol. The highest BCUT2D eigenvalue weighted by Gasteiger charge is 2.15. The van der Waals surface area contributed by atoms with Crippen molar-refractivity contribution in [3.63, 3.8) is 0 Å². The zero-order valence-corrected chi connectivity index (χ0v) is 9.48. The van der Waals surface area contributed by atoms with Crippen molar-refractivity contribution in [3.05, 3.63) is 70.7 Å².